The van der Waals surface area contributed by atoms with Gasteiger partial charge in [0.2, 0.25) is 11.8 Å². The lowest BCUT2D eigenvalue weighted by atomic mass is 10.1. The molecule has 2 amide bonds. The molecule has 0 radical (unpaired) electrons. The van der Waals surface area contributed by atoms with Gasteiger partial charge in [-0.15, -0.1) is 0 Å². The Bertz CT molecular complexity index is 775. The smallest absolute Gasteiger partial charge is 0.227 e. The number of carbonyl (C=O) groups is 2. The molecule has 1 fully saturated rings. The summed E-state index contributed by atoms with van der Waals surface area (Å²) in [7, 11) is 0. The predicted molar refractivity (Wildman–Crippen MR) is 94.9 cm³/mol. The summed E-state index contributed by atoms with van der Waals surface area (Å²) in [6.07, 6.45) is 0.228. The average molecular weight is 343 g/mol. The Labute approximate surface area is 146 Å². The summed E-state index contributed by atoms with van der Waals surface area (Å²) in [4.78, 5) is 26.2. The number of halogens is 1. The van der Waals surface area contributed by atoms with E-state index in [0.717, 1.165) is 16.8 Å². The minimum atomic E-state index is -0.332. The number of benzene rings is 2. The van der Waals surface area contributed by atoms with E-state index in [4.69, 9.17) is 11.6 Å². The normalized spacial score (nSPS) is 17.2. The lowest BCUT2D eigenvalue weighted by molar-refractivity contribution is -0.126. The molecule has 2 aromatic rings. The topological polar surface area (TPSA) is 49.4 Å². The van der Waals surface area contributed by atoms with Gasteiger partial charge in [-0.1, -0.05) is 47.5 Å². The van der Waals surface area contributed by atoms with Crippen LogP contribution in [0.1, 0.15) is 17.5 Å². The molecule has 1 N–H and O–H groups in total. The van der Waals surface area contributed by atoms with E-state index < -0.39 is 0 Å². The maximum atomic E-state index is 12.4. The van der Waals surface area contributed by atoms with Crippen molar-refractivity contribution < 1.29 is 9.59 Å². The second-order valence-electron chi connectivity index (χ2n) is 6.09. The third-order valence-electron chi connectivity index (χ3n) is 4.16. The molecule has 4 nitrogen and oxygen atoms in total. The Hall–Kier alpha value is -2.33. The van der Waals surface area contributed by atoms with Gasteiger partial charge in [-0.05, 0) is 30.7 Å². The Balaban J connectivity index is 1.61. The number of aryl methyl sites for hydroxylation is 1. The van der Waals surface area contributed by atoms with Crippen LogP contribution in [0.25, 0.3) is 0 Å². The van der Waals surface area contributed by atoms with Crippen molar-refractivity contribution in [1.82, 2.24) is 5.32 Å². The zero-order valence-electron chi connectivity index (χ0n) is 13.5. The van der Waals surface area contributed by atoms with Gasteiger partial charge in [0.1, 0.15) is 0 Å². The first-order chi connectivity index (χ1) is 11.5. The molecule has 2 aromatic carbocycles. The highest BCUT2D eigenvalue weighted by atomic mass is 35.5. The Kier molecular flexibility index (Phi) is 4.86. The van der Waals surface area contributed by atoms with Gasteiger partial charge >= 0.3 is 0 Å². The molecule has 1 aliphatic rings. The minimum absolute atomic E-state index is 0.0482. The van der Waals surface area contributed by atoms with Gasteiger partial charge in [0.15, 0.2) is 0 Å². The second-order valence-corrected chi connectivity index (χ2v) is 6.53. The number of nitrogens with one attached hydrogen (secondary N) is 1. The molecule has 0 spiro atoms. The SMILES string of the molecule is Cc1cccc(CNC(=O)[C@@H]2CC(=O)N(c3cccc(Cl)c3)C2)c1. The van der Waals surface area contributed by atoms with Crippen molar-refractivity contribution in [3.63, 3.8) is 0 Å². The molecule has 124 valence electrons. The van der Waals surface area contributed by atoms with Crippen LogP contribution in [-0.2, 0) is 16.1 Å². The van der Waals surface area contributed by atoms with E-state index in [-0.39, 0.29) is 24.2 Å². The van der Waals surface area contributed by atoms with Gasteiger partial charge < -0.3 is 10.2 Å². The molecule has 1 atom stereocenters. The van der Waals surface area contributed by atoms with Gasteiger partial charge in [-0.3, -0.25) is 9.59 Å². The summed E-state index contributed by atoms with van der Waals surface area (Å²) >= 11 is 5.98. The first-order valence-electron chi connectivity index (χ1n) is 7.92. The van der Waals surface area contributed by atoms with Crippen molar-refractivity contribution in [3.8, 4) is 0 Å². The van der Waals surface area contributed by atoms with E-state index in [1.807, 2.05) is 37.3 Å². The largest absolute Gasteiger partial charge is 0.352 e. The van der Waals surface area contributed by atoms with Crippen LogP contribution < -0.4 is 10.2 Å². The van der Waals surface area contributed by atoms with Crippen LogP contribution in [0.15, 0.2) is 48.5 Å². The van der Waals surface area contributed by atoms with Crippen molar-refractivity contribution in [2.45, 2.75) is 19.9 Å². The summed E-state index contributed by atoms with van der Waals surface area (Å²) < 4.78 is 0. The molecule has 0 unspecified atom stereocenters. The first-order valence-corrected chi connectivity index (χ1v) is 8.30. The van der Waals surface area contributed by atoms with E-state index in [0.29, 0.717) is 18.1 Å². The highest BCUT2D eigenvalue weighted by Crippen LogP contribution is 2.27. The minimum Gasteiger partial charge on any atom is -0.352 e. The second kappa shape index (κ2) is 7.05. The molecule has 0 aliphatic carbocycles. The maximum absolute atomic E-state index is 12.4. The van der Waals surface area contributed by atoms with Crippen molar-refractivity contribution in [2.75, 3.05) is 11.4 Å². The highest BCUT2D eigenvalue weighted by molar-refractivity contribution is 6.30. The third kappa shape index (κ3) is 3.77. The van der Waals surface area contributed by atoms with Crippen LogP contribution >= 0.6 is 11.6 Å². The van der Waals surface area contributed by atoms with Gasteiger partial charge in [-0.2, -0.15) is 0 Å². The molecule has 1 heterocycles. The molecule has 3 rings (SSSR count). The number of nitrogens with zero attached hydrogens (tertiary/aromatic N) is 1. The van der Waals surface area contributed by atoms with E-state index in [9.17, 15) is 9.59 Å². The number of hydrogen-bond donors (Lipinski definition) is 1. The molecular formula is C19H19ClN2O2. The zero-order valence-corrected chi connectivity index (χ0v) is 14.2. The van der Waals surface area contributed by atoms with Crippen molar-refractivity contribution in [3.05, 3.63) is 64.7 Å². The van der Waals surface area contributed by atoms with Crippen LogP contribution in [0.5, 0.6) is 0 Å². The molecular weight excluding hydrogens is 324 g/mol. The summed E-state index contributed by atoms with van der Waals surface area (Å²) in [5.74, 6) is -0.469. The predicted octanol–water partition coefficient (Wildman–Crippen LogP) is 3.32. The monoisotopic (exact) mass is 342 g/mol. The fourth-order valence-electron chi connectivity index (χ4n) is 2.93. The number of rotatable bonds is 4. The van der Waals surface area contributed by atoms with Gasteiger partial charge in [0.05, 0.1) is 5.92 Å². The Morgan fingerprint density at radius 3 is 2.79 bits per heavy atom. The molecule has 0 bridgehead atoms. The first kappa shape index (κ1) is 16.5. The fraction of sp³-hybridized carbons (Fsp3) is 0.263. The van der Waals surface area contributed by atoms with E-state index in [1.54, 1.807) is 23.1 Å². The van der Waals surface area contributed by atoms with Gasteiger partial charge in [0.25, 0.3) is 0 Å². The van der Waals surface area contributed by atoms with Crippen LogP contribution in [0.2, 0.25) is 5.02 Å². The highest BCUT2D eigenvalue weighted by Gasteiger charge is 2.35. The molecule has 24 heavy (non-hydrogen) atoms. The van der Waals surface area contributed by atoms with Gasteiger partial charge in [0, 0.05) is 30.2 Å². The summed E-state index contributed by atoms with van der Waals surface area (Å²) in [5.41, 5.74) is 2.95. The average Bonchev–Trinajstić information content (AvgIpc) is 2.95. The Morgan fingerprint density at radius 2 is 2.04 bits per heavy atom. The molecule has 0 saturated carbocycles. The van der Waals surface area contributed by atoms with E-state index in [1.165, 1.54) is 0 Å². The number of carbonyl (C=O) groups excluding carboxylic acids is 2. The molecule has 1 saturated heterocycles. The van der Waals surface area contributed by atoms with Crippen LogP contribution in [0.4, 0.5) is 5.69 Å². The van der Waals surface area contributed by atoms with Gasteiger partial charge in [-0.25, -0.2) is 0 Å². The quantitative estimate of drug-likeness (QED) is 0.926. The fourth-order valence-corrected chi connectivity index (χ4v) is 3.12. The van der Waals surface area contributed by atoms with Crippen LogP contribution in [0, 0.1) is 12.8 Å². The zero-order chi connectivity index (χ0) is 17.1. The van der Waals surface area contributed by atoms with Crippen LogP contribution in [0.3, 0.4) is 0 Å². The molecule has 5 heteroatoms. The standard InChI is InChI=1S/C19H19ClN2O2/c1-13-4-2-5-14(8-13)11-21-19(24)15-9-18(23)22(12-15)17-7-3-6-16(20)10-17/h2-8,10,15H,9,11-12H2,1H3,(H,21,24)/t15-/m1/s1. The molecule has 1 aliphatic heterocycles. The van der Waals surface area contributed by atoms with Crippen molar-refractivity contribution in [1.29, 1.82) is 0 Å². The van der Waals surface area contributed by atoms with Crippen molar-refractivity contribution in [2.24, 2.45) is 5.92 Å². The number of anilines is 1. The lowest BCUT2D eigenvalue weighted by Crippen LogP contribution is -2.32. The third-order valence-corrected chi connectivity index (χ3v) is 4.40. The summed E-state index contributed by atoms with van der Waals surface area (Å²) in [5, 5.41) is 3.50. The lowest BCUT2D eigenvalue weighted by Gasteiger charge is -2.17. The summed E-state index contributed by atoms with van der Waals surface area (Å²) in [6, 6.07) is 15.1. The van der Waals surface area contributed by atoms with Crippen LogP contribution in [-0.4, -0.2) is 18.4 Å². The Morgan fingerprint density at radius 1 is 1.25 bits per heavy atom. The van der Waals surface area contributed by atoms with E-state index in [2.05, 4.69) is 5.32 Å². The number of hydrogen-bond acceptors (Lipinski definition) is 2. The maximum Gasteiger partial charge on any atom is 0.227 e. The molecule has 0 aromatic heterocycles. The number of amides is 2. The summed E-state index contributed by atoms with van der Waals surface area (Å²) in [6.45, 7) is 2.88. The van der Waals surface area contributed by atoms with Crippen molar-refractivity contribution >= 4 is 29.1 Å². The van der Waals surface area contributed by atoms with E-state index >= 15 is 0 Å².